The van der Waals surface area contributed by atoms with Crippen molar-refractivity contribution in [2.24, 2.45) is 5.73 Å². The fourth-order valence-corrected chi connectivity index (χ4v) is 1.56. The first-order valence-electron chi connectivity index (χ1n) is 5.07. The highest BCUT2D eigenvalue weighted by atomic mass is 79.9. The molecule has 0 heterocycles. The first-order chi connectivity index (χ1) is 7.72. The molecule has 88 valence electrons. The van der Waals surface area contributed by atoms with Gasteiger partial charge in [0.2, 0.25) is 0 Å². The molecule has 0 atom stereocenters. The van der Waals surface area contributed by atoms with Gasteiger partial charge in [-0.25, -0.2) is 4.79 Å². The topological polar surface area (TPSA) is 64.4 Å². The molecule has 3 N–H and O–H groups in total. The number of unbranched alkanes of at least 4 members (excludes halogenated alkanes) is 1. The molecule has 0 aromatic heterocycles. The van der Waals surface area contributed by atoms with E-state index in [0.717, 1.165) is 23.9 Å². The quantitative estimate of drug-likeness (QED) is 0.624. The van der Waals surface area contributed by atoms with E-state index in [1.165, 1.54) is 0 Å². The first kappa shape index (κ1) is 12.8. The summed E-state index contributed by atoms with van der Waals surface area (Å²) in [7, 11) is 0. The molecule has 5 heteroatoms. The van der Waals surface area contributed by atoms with E-state index in [9.17, 15) is 4.79 Å². The molecule has 1 rings (SSSR count). The largest absolute Gasteiger partial charge is 0.494 e. The average molecular weight is 287 g/mol. The van der Waals surface area contributed by atoms with Gasteiger partial charge in [0.1, 0.15) is 5.75 Å². The van der Waals surface area contributed by atoms with Crippen molar-refractivity contribution in [1.82, 2.24) is 0 Å². The molecule has 2 amide bonds. The maximum Gasteiger partial charge on any atom is 0.316 e. The Morgan fingerprint density at radius 3 is 2.56 bits per heavy atom. The van der Waals surface area contributed by atoms with Crippen LogP contribution < -0.4 is 15.8 Å². The third-order valence-corrected chi connectivity index (χ3v) is 2.48. The van der Waals surface area contributed by atoms with E-state index in [4.69, 9.17) is 10.5 Å². The Bertz CT molecular complexity index is 327. The van der Waals surface area contributed by atoms with Crippen molar-refractivity contribution in [2.45, 2.75) is 12.8 Å². The van der Waals surface area contributed by atoms with Crippen LogP contribution in [0.3, 0.4) is 0 Å². The van der Waals surface area contributed by atoms with Crippen LogP contribution in [0.1, 0.15) is 12.8 Å². The summed E-state index contributed by atoms with van der Waals surface area (Å²) in [4.78, 5) is 10.6. The zero-order valence-corrected chi connectivity index (χ0v) is 10.5. The number of rotatable bonds is 6. The minimum Gasteiger partial charge on any atom is -0.494 e. The zero-order chi connectivity index (χ0) is 11.8. The van der Waals surface area contributed by atoms with Gasteiger partial charge in [0.25, 0.3) is 0 Å². The van der Waals surface area contributed by atoms with Crippen molar-refractivity contribution in [3.8, 4) is 5.75 Å². The lowest BCUT2D eigenvalue weighted by molar-refractivity contribution is 0.259. The van der Waals surface area contributed by atoms with Crippen LogP contribution in [0.5, 0.6) is 5.75 Å². The Balaban J connectivity index is 2.36. The number of carbonyl (C=O) groups excluding carboxylic acids is 1. The van der Waals surface area contributed by atoms with Gasteiger partial charge in [0.15, 0.2) is 0 Å². The van der Waals surface area contributed by atoms with Crippen LogP contribution in [0.4, 0.5) is 10.5 Å². The van der Waals surface area contributed by atoms with Crippen LogP contribution in [-0.4, -0.2) is 18.0 Å². The molecule has 0 unspecified atom stereocenters. The van der Waals surface area contributed by atoms with Crippen molar-refractivity contribution in [3.63, 3.8) is 0 Å². The summed E-state index contributed by atoms with van der Waals surface area (Å²) in [6, 6.07) is 6.56. The summed E-state index contributed by atoms with van der Waals surface area (Å²) in [5.41, 5.74) is 5.66. The van der Waals surface area contributed by atoms with Gasteiger partial charge in [0, 0.05) is 11.0 Å². The summed E-state index contributed by atoms with van der Waals surface area (Å²) >= 11 is 3.36. The molecule has 0 radical (unpaired) electrons. The number of halogens is 1. The number of alkyl halides is 1. The number of primary amides is 1. The van der Waals surface area contributed by atoms with Gasteiger partial charge in [-0.15, -0.1) is 0 Å². The second kappa shape index (κ2) is 7.11. The van der Waals surface area contributed by atoms with E-state index in [1.54, 1.807) is 24.3 Å². The van der Waals surface area contributed by atoms with E-state index >= 15 is 0 Å². The summed E-state index contributed by atoms with van der Waals surface area (Å²) in [5.74, 6) is 0.796. The number of benzene rings is 1. The first-order valence-corrected chi connectivity index (χ1v) is 6.20. The van der Waals surface area contributed by atoms with Crippen molar-refractivity contribution >= 4 is 27.6 Å². The number of hydrogen-bond donors (Lipinski definition) is 2. The molecule has 16 heavy (non-hydrogen) atoms. The maximum atomic E-state index is 10.6. The summed E-state index contributed by atoms with van der Waals surface area (Å²) < 4.78 is 5.50. The molecule has 0 saturated heterocycles. The minimum atomic E-state index is -0.564. The highest BCUT2D eigenvalue weighted by Crippen LogP contribution is 2.15. The monoisotopic (exact) mass is 286 g/mol. The minimum absolute atomic E-state index is 0.564. The normalized spacial score (nSPS) is 9.81. The Morgan fingerprint density at radius 1 is 1.31 bits per heavy atom. The Kier molecular flexibility index (Phi) is 5.71. The Hall–Kier alpha value is -1.23. The smallest absolute Gasteiger partial charge is 0.316 e. The SMILES string of the molecule is NC(=O)Nc1ccc(OCCCCBr)cc1. The highest BCUT2D eigenvalue weighted by Gasteiger charge is 1.97. The molecule has 1 aromatic rings. The second-order valence-corrected chi connectivity index (χ2v) is 4.05. The second-order valence-electron chi connectivity index (χ2n) is 3.26. The van der Waals surface area contributed by atoms with Crippen LogP contribution >= 0.6 is 15.9 Å². The molecule has 0 bridgehead atoms. The van der Waals surface area contributed by atoms with Gasteiger partial charge in [0.05, 0.1) is 6.61 Å². The third kappa shape index (κ3) is 5.02. The van der Waals surface area contributed by atoms with E-state index in [2.05, 4.69) is 21.2 Å². The molecule has 0 aliphatic carbocycles. The molecule has 0 spiro atoms. The zero-order valence-electron chi connectivity index (χ0n) is 8.91. The fourth-order valence-electron chi connectivity index (χ4n) is 1.16. The number of nitrogens with one attached hydrogen (secondary N) is 1. The summed E-state index contributed by atoms with van der Waals surface area (Å²) in [6.07, 6.45) is 2.12. The molecular formula is C11H15BrN2O2. The van der Waals surface area contributed by atoms with E-state index in [0.29, 0.717) is 12.3 Å². The lowest BCUT2D eigenvalue weighted by Gasteiger charge is -2.06. The van der Waals surface area contributed by atoms with E-state index in [1.807, 2.05) is 0 Å². The standard InChI is InChI=1S/C11H15BrN2O2/c12-7-1-2-8-16-10-5-3-9(4-6-10)14-11(13)15/h3-6H,1-2,7-8H2,(H3,13,14,15). The molecule has 1 aromatic carbocycles. The average Bonchev–Trinajstić information content (AvgIpc) is 2.26. The lowest BCUT2D eigenvalue weighted by atomic mass is 10.3. The molecule has 4 nitrogen and oxygen atoms in total. The Labute approximate surface area is 103 Å². The molecule has 0 aliphatic heterocycles. The Morgan fingerprint density at radius 2 is 2.00 bits per heavy atom. The summed E-state index contributed by atoms with van der Waals surface area (Å²) in [6.45, 7) is 0.703. The predicted molar refractivity (Wildman–Crippen MR) is 68.2 cm³/mol. The molecular weight excluding hydrogens is 272 g/mol. The van der Waals surface area contributed by atoms with E-state index in [-0.39, 0.29) is 0 Å². The van der Waals surface area contributed by atoms with Crippen LogP contribution in [0.2, 0.25) is 0 Å². The number of ether oxygens (including phenoxy) is 1. The predicted octanol–water partition coefficient (Wildman–Crippen LogP) is 2.73. The van der Waals surface area contributed by atoms with E-state index < -0.39 is 6.03 Å². The highest BCUT2D eigenvalue weighted by molar-refractivity contribution is 9.09. The number of carbonyl (C=O) groups is 1. The fraction of sp³-hybridized carbons (Fsp3) is 0.364. The number of amides is 2. The van der Waals surface area contributed by atoms with Gasteiger partial charge < -0.3 is 15.8 Å². The van der Waals surface area contributed by atoms with Crippen LogP contribution in [0.25, 0.3) is 0 Å². The third-order valence-electron chi connectivity index (χ3n) is 1.92. The van der Waals surface area contributed by atoms with Gasteiger partial charge in [-0.1, -0.05) is 15.9 Å². The van der Waals surface area contributed by atoms with Crippen LogP contribution in [0, 0.1) is 0 Å². The number of hydrogen-bond acceptors (Lipinski definition) is 2. The van der Waals surface area contributed by atoms with Crippen molar-refractivity contribution < 1.29 is 9.53 Å². The number of anilines is 1. The van der Waals surface area contributed by atoms with Crippen LogP contribution in [-0.2, 0) is 0 Å². The lowest BCUT2D eigenvalue weighted by Crippen LogP contribution is -2.19. The van der Waals surface area contributed by atoms with Gasteiger partial charge >= 0.3 is 6.03 Å². The van der Waals surface area contributed by atoms with Crippen molar-refractivity contribution in [3.05, 3.63) is 24.3 Å². The van der Waals surface area contributed by atoms with Gasteiger partial charge in [-0.05, 0) is 37.1 Å². The molecule has 0 saturated carbocycles. The molecule has 0 fully saturated rings. The summed E-state index contributed by atoms with van der Waals surface area (Å²) in [5, 5.41) is 3.48. The molecule has 0 aliphatic rings. The number of nitrogens with two attached hydrogens (primary N) is 1. The maximum absolute atomic E-state index is 10.6. The van der Waals surface area contributed by atoms with Crippen molar-refractivity contribution in [1.29, 1.82) is 0 Å². The van der Waals surface area contributed by atoms with Crippen LogP contribution in [0.15, 0.2) is 24.3 Å². The van der Waals surface area contributed by atoms with Crippen molar-refractivity contribution in [2.75, 3.05) is 17.3 Å². The number of urea groups is 1. The van der Waals surface area contributed by atoms with Gasteiger partial charge in [-0.3, -0.25) is 0 Å². The van der Waals surface area contributed by atoms with Gasteiger partial charge in [-0.2, -0.15) is 0 Å².